The summed E-state index contributed by atoms with van der Waals surface area (Å²) in [6.45, 7) is 7.90. The highest BCUT2D eigenvalue weighted by Gasteiger charge is 2.40. The van der Waals surface area contributed by atoms with Crippen molar-refractivity contribution in [1.29, 1.82) is 5.26 Å². The van der Waals surface area contributed by atoms with E-state index in [4.69, 9.17) is 37.4 Å². The molecule has 10 heteroatoms. The number of nitrogens with zero attached hydrogens (tertiary/aromatic N) is 4. The third-order valence-corrected chi connectivity index (χ3v) is 9.11. The van der Waals surface area contributed by atoms with Crippen molar-refractivity contribution in [3.8, 4) is 23.3 Å². The lowest BCUT2D eigenvalue weighted by atomic mass is 10.0. The summed E-state index contributed by atoms with van der Waals surface area (Å²) in [4.78, 5) is 9.83. The van der Waals surface area contributed by atoms with Crippen LogP contribution in [0.2, 0.25) is 10.0 Å². The Kier molecular flexibility index (Phi) is 8.32. The number of nitriles is 1. The SMILES string of the molecule is COc1cc(Nc2c(C#N)cnc3cc(OCCCN4C[C@@H]5CN(CC6CC6)C[C@@H]5C4)c(OC)cc23)c(Cl)cc1Cl. The minimum Gasteiger partial charge on any atom is -0.495 e. The van der Waals surface area contributed by atoms with Gasteiger partial charge in [0.1, 0.15) is 11.8 Å². The summed E-state index contributed by atoms with van der Waals surface area (Å²) in [6.07, 6.45) is 5.35. The number of fused-ring (bicyclic) bond motifs is 2. The average Bonchev–Trinajstić information content (AvgIpc) is 3.59. The molecule has 1 saturated carbocycles. The summed E-state index contributed by atoms with van der Waals surface area (Å²) in [6, 6.07) is 9.22. The van der Waals surface area contributed by atoms with Crippen LogP contribution < -0.4 is 19.5 Å². The lowest BCUT2D eigenvalue weighted by Gasteiger charge is -2.21. The van der Waals surface area contributed by atoms with Crippen LogP contribution in [0.5, 0.6) is 17.2 Å². The van der Waals surface area contributed by atoms with Gasteiger partial charge in [-0.25, -0.2) is 0 Å². The number of benzene rings is 2. The van der Waals surface area contributed by atoms with Gasteiger partial charge in [0.2, 0.25) is 0 Å². The minimum atomic E-state index is 0.365. The maximum atomic E-state index is 9.82. The van der Waals surface area contributed by atoms with Gasteiger partial charge in [-0.05, 0) is 49.1 Å². The summed E-state index contributed by atoms with van der Waals surface area (Å²) in [5, 5.41) is 14.6. The number of aromatic nitrogens is 1. The minimum absolute atomic E-state index is 0.365. The predicted molar refractivity (Wildman–Crippen MR) is 162 cm³/mol. The van der Waals surface area contributed by atoms with E-state index in [1.807, 2.05) is 12.1 Å². The average molecular weight is 597 g/mol. The summed E-state index contributed by atoms with van der Waals surface area (Å²) in [5.74, 6) is 4.30. The lowest BCUT2D eigenvalue weighted by Crippen LogP contribution is -2.31. The van der Waals surface area contributed by atoms with Crippen molar-refractivity contribution in [2.45, 2.75) is 19.3 Å². The molecule has 1 N–H and O–H groups in total. The normalized spacial score (nSPS) is 20.7. The van der Waals surface area contributed by atoms with Gasteiger partial charge >= 0.3 is 0 Å². The Hall–Kier alpha value is -2.96. The Morgan fingerprint density at radius 3 is 2.37 bits per heavy atom. The van der Waals surface area contributed by atoms with Crippen molar-refractivity contribution in [2.24, 2.45) is 17.8 Å². The maximum Gasteiger partial charge on any atom is 0.163 e. The summed E-state index contributed by atoms with van der Waals surface area (Å²) >= 11 is 12.7. The monoisotopic (exact) mass is 595 g/mol. The Morgan fingerprint density at radius 2 is 1.68 bits per heavy atom. The third kappa shape index (κ3) is 6.14. The third-order valence-electron chi connectivity index (χ3n) is 8.50. The molecular weight excluding hydrogens is 561 g/mol. The van der Waals surface area contributed by atoms with Crippen molar-refractivity contribution >= 4 is 45.5 Å². The molecule has 0 unspecified atom stereocenters. The number of ether oxygens (including phenoxy) is 3. The fourth-order valence-electron chi connectivity index (χ4n) is 6.26. The molecule has 2 saturated heterocycles. The first kappa shape index (κ1) is 28.2. The highest BCUT2D eigenvalue weighted by molar-refractivity contribution is 6.37. The highest BCUT2D eigenvalue weighted by Crippen LogP contribution is 2.41. The van der Waals surface area contributed by atoms with Gasteiger partial charge in [0.05, 0.1) is 53.3 Å². The van der Waals surface area contributed by atoms with Gasteiger partial charge < -0.3 is 29.3 Å². The number of hydrogen-bond donors (Lipinski definition) is 1. The van der Waals surface area contributed by atoms with Gasteiger partial charge in [0.25, 0.3) is 0 Å². The van der Waals surface area contributed by atoms with Crippen LogP contribution in [0.3, 0.4) is 0 Å². The molecule has 8 nitrogen and oxygen atoms in total. The molecule has 2 aliphatic heterocycles. The quantitative estimate of drug-likeness (QED) is 0.262. The Morgan fingerprint density at radius 1 is 0.951 bits per heavy atom. The zero-order valence-electron chi connectivity index (χ0n) is 23.5. The van der Waals surface area contributed by atoms with E-state index >= 15 is 0 Å². The number of rotatable bonds is 11. The van der Waals surface area contributed by atoms with Crippen LogP contribution in [0.25, 0.3) is 10.9 Å². The van der Waals surface area contributed by atoms with Crippen molar-refractivity contribution in [2.75, 3.05) is 65.4 Å². The van der Waals surface area contributed by atoms with E-state index in [-0.39, 0.29) is 0 Å². The number of likely N-dealkylation sites (tertiary alicyclic amines) is 2. The first-order chi connectivity index (χ1) is 19.9. The molecule has 0 spiro atoms. The molecule has 0 bridgehead atoms. The molecule has 6 rings (SSSR count). The van der Waals surface area contributed by atoms with Gasteiger partial charge in [-0.3, -0.25) is 4.98 Å². The van der Waals surface area contributed by atoms with Gasteiger partial charge in [-0.1, -0.05) is 23.2 Å². The second-order valence-corrected chi connectivity index (χ2v) is 12.2. The summed E-state index contributed by atoms with van der Waals surface area (Å²) in [5.41, 5.74) is 2.15. The second kappa shape index (κ2) is 12.1. The molecule has 3 aromatic rings. The predicted octanol–water partition coefficient (Wildman–Crippen LogP) is 6.22. The van der Waals surface area contributed by atoms with Gasteiger partial charge in [-0.2, -0.15) is 5.26 Å². The summed E-state index contributed by atoms with van der Waals surface area (Å²) in [7, 11) is 3.15. The number of hydrogen-bond acceptors (Lipinski definition) is 8. The van der Waals surface area contributed by atoms with Crippen LogP contribution in [0.1, 0.15) is 24.8 Å². The number of nitrogens with one attached hydrogen (secondary N) is 1. The van der Waals surface area contributed by atoms with Crippen molar-refractivity contribution in [1.82, 2.24) is 14.8 Å². The van der Waals surface area contributed by atoms with E-state index in [1.165, 1.54) is 58.9 Å². The molecule has 41 heavy (non-hydrogen) atoms. The van der Waals surface area contributed by atoms with Gasteiger partial charge in [-0.15, -0.1) is 0 Å². The molecule has 0 radical (unpaired) electrons. The van der Waals surface area contributed by atoms with E-state index in [0.717, 1.165) is 30.7 Å². The van der Waals surface area contributed by atoms with E-state index < -0.39 is 0 Å². The molecule has 3 fully saturated rings. The van der Waals surface area contributed by atoms with Crippen LogP contribution in [-0.2, 0) is 0 Å². The zero-order chi connectivity index (χ0) is 28.5. The van der Waals surface area contributed by atoms with E-state index in [0.29, 0.717) is 61.7 Å². The molecule has 216 valence electrons. The highest BCUT2D eigenvalue weighted by atomic mass is 35.5. The fourth-order valence-corrected chi connectivity index (χ4v) is 6.77. The van der Waals surface area contributed by atoms with E-state index in [9.17, 15) is 5.26 Å². The maximum absolute atomic E-state index is 9.82. The van der Waals surface area contributed by atoms with Crippen molar-refractivity contribution < 1.29 is 14.2 Å². The smallest absolute Gasteiger partial charge is 0.163 e. The van der Waals surface area contributed by atoms with Crippen LogP contribution in [-0.4, -0.2) is 74.9 Å². The molecule has 0 amide bonds. The van der Waals surface area contributed by atoms with E-state index in [2.05, 4.69) is 26.2 Å². The Balaban J connectivity index is 1.12. The first-order valence-electron chi connectivity index (χ1n) is 14.2. The topological polar surface area (TPSA) is 82.9 Å². The largest absolute Gasteiger partial charge is 0.495 e. The Bertz CT molecular complexity index is 1460. The van der Waals surface area contributed by atoms with Crippen LogP contribution >= 0.6 is 23.2 Å². The van der Waals surface area contributed by atoms with Gasteiger partial charge in [0, 0.05) is 63.0 Å². The zero-order valence-corrected chi connectivity index (χ0v) is 25.0. The number of anilines is 2. The summed E-state index contributed by atoms with van der Waals surface area (Å²) < 4.78 is 17.2. The molecule has 3 heterocycles. The molecule has 1 aliphatic carbocycles. The van der Waals surface area contributed by atoms with Gasteiger partial charge in [0.15, 0.2) is 11.5 Å². The van der Waals surface area contributed by atoms with Crippen molar-refractivity contribution in [3.63, 3.8) is 0 Å². The lowest BCUT2D eigenvalue weighted by molar-refractivity contribution is 0.226. The second-order valence-electron chi connectivity index (χ2n) is 11.4. The van der Waals surface area contributed by atoms with E-state index in [1.54, 1.807) is 19.2 Å². The number of methoxy groups -OCH3 is 2. The van der Waals surface area contributed by atoms with Crippen LogP contribution in [0, 0.1) is 29.1 Å². The number of pyridine rings is 1. The standard InChI is InChI=1S/C31H35Cl2N5O3/c1-39-28-11-27(24(32)9-25(28)33)36-31-20(12-34)13-35-26-10-30(29(40-2)8-23(26)31)41-7-3-6-37-15-21-17-38(14-19-4-5-19)18-22(21)16-37/h8-11,13,19,21-22H,3-7,14-18H2,1-2H3,(H,35,36)/t21-,22+. The number of halogens is 2. The van der Waals surface area contributed by atoms with Crippen LogP contribution in [0.15, 0.2) is 30.5 Å². The molecule has 3 aliphatic rings. The molecule has 1 aromatic heterocycles. The molecule has 2 atom stereocenters. The first-order valence-corrected chi connectivity index (χ1v) is 15.0. The van der Waals surface area contributed by atoms with Crippen molar-refractivity contribution in [3.05, 3.63) is 46.1 Å². The Labute approximate surface area is 251 Å². The molecular formula is C31H35Cl2N5O3. The fraction of sp³-hybridized carbons (Fsp3) is 0.484. The molecule has 2 aromatic carbocycles. The van der Waals surface area contributed by atoms with Crippen LogP contribution in [0.4, 0.5) is 11.4 Å².